The molecule has 1 amide bonds. The van der Waals surface area contributed by atoms with Crippen molar-refractivity contribution in [1.29, 1.82) is 0 Å². The monoisotopic (exact) mass is 334 g/mol. The van der Waals surface area contributed by atoms with Gasteiger partial charge in [0, 0.05) is 25.4 Å². The van der Waals surface area contributed by atoms with E-state index < -0.39 is 0 Å². The van der Waals surface area contributed by atoms with Crippen molar-refractivity contribution in [3.05, 3.63) is 48.5 Å². The third kappa shape index (κ3) is 2.84. The van der Waals surface area contributed by atoms with Gasteiger partial charge in [0.05, 0.1) is 34.9 Å². The molecule has 126 valence electrons. The van der Waals surface area contributed by atoms with E-state index in [9.17, 15) is 4.79 Å². The number of nitrogens with zero attached hydrogens (tertiary/aromatic N) is 5. The molecule has 3 heterocycles. The Hall–Kier alpha value is -3.22. The number of amides is 1. The number of hydrogen-bond acceptors (Lipinski definition) is 4. The highest BCUT2D eigenvalue weighted by atomic mass is 16.1. The van der Waals surface area contributed by atoms with E-state index in [1.807, 2.05) is 48.9 Å². The number of rotatable bonds is 4. The molecule has 7 heteroatoms. The van der Waals surface area contributed by atoms with Crippen LogP contribution in [0.3, 0.4) is 0 Å². The number of pyridine rings is 1. The Morgan fingerprint density at radius 2 is 2.08 bits per heavy atom. The van der Waals surface area contributed by atoms with Crippen LogP contribution in [0.2, 0.25) is 0 Å². The number of hydrogen-bond donors (Lipinski definition) is 1. The third-order valence-corrected chi connectivity index (χ3v) is 4.25. The average Bonchev–Trinajstić information content (AvgIpc) is 3.14. The third-order valence-electron chi connectivity index (χ3n) is 4.25. The van der Waals surface area contributed by atoms with Gasteiger partial charge in [-0.15, -0.1) is 0 Å². The number of anilines is 1. The molecule has 7 nitrogen and oxygen atoms in total. The van der Waals surface area contributed by atoms with Crippen molar-refractivity contribution in [1.82, 2.24) is 24.3 Å². The molecule has 0 saturated heterocycles. The topological polar surface area (TPSA) is 77.6 Å². The zero-order chi connectivity index (χ0) is 17.4. The van der Waals surface area contributed by atoms with Gasteiger partial charge in [0.1, 0.15) is 0 Å². The first-order chi connectivity index (χ1) is 12.1. The summed E-state index contributed by atoms with van der Waals surface area (Å²) in [5.74, 6) is -0.0551. The summed E-state index contributed by atoms with van der Waals surface area (Å²) in [6.45, 7) is 2.51. The molecule has 0 bridgehead atoms. The Kier molecular flexibility index (Phi) is 3.68. The van der Waals surface area contributed by atoms with Crippen molar-refractivity contribution in [2.75, 3.05) is 5.32 Å². The first-order valence-corrected chi connectivity index (χ1v) is 8.11. The summed E-state index contributed by atoms with van der Waals surface area (Å²) in [5.41, 5.74) is 4.35. The second kappa shape index (κ2) is 6.01. The zero-order valence-corrected chi connectivity index (χ0v) is 14.1. The molecule has 4 aromatic rings. The summed E-state index contributed by atoms with van der Waals surface area (Å²) < 4.78 is 3.72. The number of nitrogens with one attached hydrogen (secondary N) is 1. The number of aryl methyl sites for hydroxylation is 3. The molecule has 0 atom stereocenters. The lowest BCUT2D eigenvalue weighted by atomic mass is 10.2. The molecule has 0 saturated carbocycles. The van der Waals surface area contributed by atoms with Crippen molar-refractivity contribution in [3.8, 4) is 0 Å². The van der Waals surface area contributed by atoms with Crippen molar-refractivity contribution >= 4 is 33.7 Å². The van der Waals surface area contributed by atoms with Crippen LogP contribution in [0.25, 0.3) is 22.1 Å². The van der Waals surface area contributed by atoms with Gasteiger partial charge in [-0.1, -0.05) is 12.1 Å². The van der Waals surface area contributed by atoms with Gasteiger partial charge in [0.15, 0.2) is 5.65 Å². The van der Waals surface area contributed by atoms with Crippen molar-refractivity contribution in [2.45, 2.75) is 19.9 Å². The van der Waals surface area contributed by atoms with Crippen LogP contribution in [0.5, 0.6) is 0 Å². The van der Waals surface area contributed by atoms with E-state index in [1.165, 1.54) is 0 Å². The zero-order valence-electron chi connectivity index (χ0n) is 14.1. The fraction of sp³-hybridized carbons (Fsp3) is 0.222. The first-order valence-electron chi connectivity index (χ1n) is 8.11. The largest absolute Gasteiger partial charge is 0.330 e. The van der Waals surface area contributed by atoms with E-state index in [0.717, 1.165) is 27.8 Å². The highest BCUT2D eigenvalue weighted by molar-refractivity contribution is 5.93. The summed E-state index contributed by atoms with van der Waals surface area (Å²) in [6, 6.07) is 9.80. The van der Waals surface area contributed by atoms with Gasteiger partial charge in [0.25, 0.3) is 0 Å². The summed E-state index contributed by atoms with van der Waals surface area (Å²) in [6.07, 6.45) is 3.79. The quantitative estimate of drug-likeness (QED) is 0.622. The van der Waals surface area contributed by atoms with Crippen LogP contribution in [-0.2, 0) is 18.4 Å². The summed E-state index contributed by atoms with van der Waals surface area (Å²) >= 11 is 0. The van der Waals surface area contributed by atoms with Gasteiger partial charge >= 0.3 is 0 Å². The fourth-order valence-electron chi connectivity index (χ4n) is 3.01. The molecule has 0 aliphatic heterocycles. The van der Waals surface area contributed by atoms with Crippen LogP contribution >= 0.6 is 0 Å². The SMILES string of the molecule is Cc1nn(C)c2ncc(NC(=O)CCn3cnc4ccccc43)cc12. The normalized spacial score (nSPS) is 11.3. The highest BCUT2D eigenvalue weighted by Crippen LogP contribution is 2.19. The van der Waals surface area contributed by atoms with E-state index >= 15 is 0 Å². The van der Waals surface area contributed by atoms with Gasteiger partial charge in [0.2, 0.25) is 5.91 Å². The fourth-order valence-corrected chi connectivity index (χ4v) is 3.01. The summed E-state index contributed by atoms with van der Waals surface area (Å²) in [5, 5.41) is 8.19. The van der Waals surface area contributed by atoms with Crippen molar-refractivity contribution in [3.63, 3.8) is 0 Å². The predicted octanol–water partition coefficient (Wildman–Crippen LogP) is 2.66. The minimum absolute atomic E-state index is 0.0551. The second-order valence-corrected chi connectivity index (χ2v) is 6.03. The number of fused-ring (bicyclic) bond motifs is 2. The summed E-state index contributed by atoms with van der Waals surface area (Å²) in [7, 11) is 1.86. The molecular weight excluding hydrogens is 316 g/mol. The molecule has 0 aliphatic carbocycles. The van der Waals surface area contributed by atoms with Crippen LogP contribution < -0.4 is 5.32 Å². The highest BCUT2D eigenvalue weighted by Gasteiger charge is 2.10. The van der Waals surface area contributed by atoms with Crippen LogP contribution in [0.1, 0.15) is 12.1 Å². The van der Waals surface area contributed by atoms with Gasteiger partial charge in [-0.25, -0.2) is 9.97 Å². The minimum Gasteiger partial charge on any atom is -0.330 e. The maximum atomic E-state index is 12.3. The van der Waals surface area contributed by atoms with Gasteiger partial charge in [-0.3, -0.25) is 9.48 Å². The number of benzene rings is 1. The predicted molar refractivity (Wildman–Crippen MR) is 96.2 cm³/mol. The average molecular weight is 334 g/mol. The molecular formula is C18H18N6O. The van der Waals surface area contributed by atoms with Gasteiger partial charge in [-0.2, -0.15) is 5.10 Å². The van der Waals surface area contributed by atoms with Crippen molar-refractivity contribution in [2.24, 2.45) is 7.05 Å². The second-order valence-electron chi connectivity index (χ2n) is 6.03. The Labute approximate surface area is 144 Å². The van der Waals surface area contributed by atoms with Gasteiger partial charge < -0.3 is 9.88 Å². The van der Waals surface area contributed by atoms with E-state index in [2.05, 4.69) is 20.4 Å². The molecule has 0 spiro atoms. The number of imidazole rings is 1. The standard InChI is InChI=1S/C18H18N6O/c1-12-14-9-13(10-19-18(14)23(2)22-12)21-17(25)7-8-24-11-20-15-5-3-4-6-16(15)24/h3-6,9-11H,7-8H2,1-2H3,(H,21,25). The van der Waals surface area contributed by atoms with Crippen molar-refractivity contribution < 1.29 is 4.79 Å². The smallest absolute Gasteiger partial charge is 0.226 e. The number of para-hydroxylation sites is 2. The van der Waals surface area contributed by atoms with E-state index in [1.54, 1.807) is 17.2 Å². The van der Waals surface area contributed by atoms with Crippen LogP contribution in [0, 0.1) is 6.92 Å². The Morgan fingerprint density at radius 1 is 1.24 bits per heavy atom. The molecule has 0 unspecified atom stereocenters. The first kappa shape index (κ1) is 15.3. The van der Waals surface area contributed by atoms with E-state index in [4.69, 9.17) is 0 Å². The van der Waals surface area contributed by atoms with E-state index in [-0.39, 0.29) is 5.91 Å². The summed E-state index contributed by atoms with van der Waals surface area (Å²) in [4.78, 5) is 21.0. The number of carbonyl (C=O) groups is 1. The Bertz CT molecular complexity index is 1080. The lowest BCUT2D eigenvalue weighted by Crippen LogP contribution is -2.14. The molecule has 1 N–H and O–H groups in total. The van der Waals surface area contributed by atoms with Gasteiger partial charge in [-0.05, 0) is 25.1 Å². The molecule has 3 aromatic heterocycles. The Morgan fingerprint density at radius 3 is 2.96 bits per heavy atom. The Balaban J connectivity index is 1.46. The van der Waals surface area contributed by atoms with Crippen LogP contribution in [0.15, 0.2) is 42.9 Å². The molecule has 0 fully saturated rings. The minimum atomic E-state index is -0.0551. The molecule has 1 aromatic carbocycles. The number of carbonyl (C=O) groups excluding carboxylic acids is 1. The molecule has 4 rings (SSSR count). The molecule has 25 heavy (non-hydrogen) atoms. The van der Waals surface area contributed by atoms with E-state index in [0.29, 0.717) is 18.7 Å². The lowest BCUT2D eigenvalue weighted by molar-refractivity contribution is -0.116. The maximum Gasteiger partial charge on any atom is 0.226 e. The van der Waals surface area contributed by atoms with Crippen LogP contribution in [0.4, 0.5) is 5.69 Å². The van der Waals surface area contributed by atoms with Crippen LogP contribution in [-0.4, -0.2) is 30.2 Å². The maximum absolute atomic E-state index is 12.3. The lowest BCUT2D eigenvalue weighted by Gasteiger charge is -2.07. The molecule has 0 aliphatic rings. The number of aromatic nitrogens is 5. The molecule has 0 radical (unpaired) electrons.